The second-order valence-electron chi connectivity index (χ2n) is 6.46. The largest absolute Gasteiger partial charge is 0.434 e. The fraction of sp³-hybridized carbons (Fsp3) is 0.0500. The van der Waals surface area contributed by atoms with E-state index in [9.17, 15) is 22.0 Å². The van der Waals surface area contributed by atoms with Crippen molar-refractivity contribution >= 4 is 28.8 Å². The monoisotopic (exact) mass is 484 g/mol. The number of nitrogens with zero attached hydrogens (tertiary/aromatic N) is 3. The lowest BCUT2D eigenvalue weighted by Gasteiger charge is -2.13. The van der Waals surface area contributed by atoms with Crippen LogP contribution in [0.3, 0.4) is 0 Å². The minimum atomic E-state index is -5.00. The van der Waals surface area contributed by atoms with Gasteiger partial charge < -0.3 is 10.3 Å². The van der Waals surface area contributed by atoms with E-state index in [1.165, 1.54) is 24.3 Å². The van der Waals surface area contributed by atoms with Crippen LogP contribution in [0, 0.1) is 11.6 Å². The number of thiocarbonyl (C=S) groups is 1. The number of aromatic nitrogens is 3. The Kier molecular flexibility index (Phi) is 5.47. The molecule has 0 fully saturated rings. The molecule has 32 heavy (non-hydrogen) atoms. The molecule has 5 nitrogen and oxygen atoms in total. The van der Waals surface area contributed by atoms with Crippen molar-refractivity contribution in [3.63, 3.8) is 0 Å². The van der Waals surface area contributed by atoms with Gasteiger partial charge in [-0.25, -0.2) is 13.5 Å². The summed E-state index contributed by atoms with van der Waals surface area (Å²) in [6.07, 6.45) is -4.19. The molecule has 4 aromatic rings. The highest BCUT2D eigenvalue weighted by Crippen LogP contribution is 2.43. The van der Waals surface area contributed by atoms with Crippen molar-refractivity contribution in [2.45, 2.75) is 6.18 Å². The molecular formula is C20H10ClF5N4OS. The van der Waals surface area contributed by atoms with Gasteiger partial charge in [0, 0.05) is 0 Å². The van der Waals surface area contributed by atoms with E-state index in [2.05, 4.69) is 10.3 Å². The van der Waals surface area contributed by atoms with Crippen LogP contribution in [0.15, 0.2) is 53.2 Å². The van der Waals surface area contributed by atoms with Crippen molar-refractivity contribution in [1.82, 2.24) is 14.9 Å². The summed E-state index contributed by atoms with van der Waals surface area (Å²) < 4.78 is 76.3. The molecule has 2 aromatic carbocycles. The Morgan fingerprint density at radius 3 is 2.38 bits per heavy atom. The van der Waals surface area contributed by atoms with Crippen LogP contribution in [0.1, 0.15) is 11.3 Å². The van der Waals surface area contributed by atoms with E-state index in [-0.39, 0.29) is 21.8 Å². The topological polar surface area (TPSA) is 69.9 Å². The third-order valence-electron chi connectivity index (χ3n) is 4.50. The van der Waals surface area contributed by atoms with Gasteiger partial charge in [0.2, 0.25) is 0 Å². The van der Waals surface area contributed by atoms with Gasteiger partial charge in [-0.3, -0.25) is 0 Å². The zero-order valence-corrected chi connectivity index (χ0v) is 17.2. The van der Waals surface area contributed by atoms with Crippen LogP contribution in [0.4, 0.5) is 22.0 Å². The van der Waals surface area contributed by atoms with Crippen LogP contribution in [0.5, 0.6) is 0 Å². The lowest BCUT2D eigenvalue weighted by atomic mass is 10.0. The van der Waals surface area contributed by atoms with E-state index in [1.54, 1.807) is 0 Å². The van der Waals surface area contributed by atoms with Gasteiger partial charge in [0.25, 0.3) is 0 Å². The molecule has 0 aliphatic heterocycles. The molecule has 2 aromatic heterocycles. The number of para-hydroxylation sites is 1. The first-order chi connectivity index (χ1) is 15.1. The highest BCUT2D eigenvalue weighted by Gasteiger charge is 2.42. The molecule has 12 heteroatoms. The van der Waals surface area contributed by atoms with Crippen molar-refractivity contribution in [1.29, 1.82) is 0 Å². The maximum absolute atomic E-state index is 14.4. The number of hydrogen-bond donors (Lipinski definition) is 1. The molecule has 0 spiro atoms. The molecule has 0 amide bonds. The Morgan fingerprint density at radius 2 is 1.75 bits per heavy atom. The average molecular weight is 485 g/mol. The zero-order valence-electron chi connectivity index (χ0n) is 15.6. The normalized spacial score (nSPS) is 11.7. The third kappa shape index (κ3) is 3.63. The second kappa shape index (κ2) is 7.99. The first kappa shape index (κ1) is 21.9. The Hall–Kier alpha value is -3.31. The van der Waals surface area contributed by atoms with Gasteiger partial charge in [-0.05, 0) is 24.3 Å². The molecule has 0 saturated carbocycles. The Labute approximate surface area is 187 Å². The highest BCUT2D eigenvalue weighted by atomic mass is 35.5. The number of benzene rings is 2. The summed E-state index contributed by atoms with van der Waals surface area (Å²) in [6, 6.07) is 8.56. The maximum atomic E-state index is 14.4. The molecule has 0 aliphatic rings. The van der Waals surface area contributed by atoms with E-state index in [4.69, 9.17) is 34.1 Å². The summed E-state index contributed by atoms with van der Waals surface area (Å²) in [5, 5.41) is 7.29. The predicted octanol–water partition coefficient (Wildman–Crippen LogP) is 5.78. The summed E-state index contributed by atoms with van der Waals surface area (Å²) in [5.41, 5.74) is 2.52. The average Bonchev–Trinajstić information content (AvgIpc) is 3.32. The molecule has 0 saturated heterocycles. The van der Waals surface area contributed by atoms with Crippen LogP contribution >= 0.6 is 23.8 Å². The fourth-order valence-electron chi connectivity index (χ4n) is 3.19. The van der Waals surface area contributed by atoms with E-state index in [0.717, 1.165) is 24.4 Å². The van der Waals surface area contributed by atoms with Gasteiger partial charge in [0.05, 0.1) is 27.9 Å². The molecule has 164 valence electrons. The van der Waals surface area contributed by atoms with Crippen molar-refractivity contribution in [3.8, 4) is 28.3 Å². The first-order valence-electron chi connectivity index (χ1n) is 8.75. The van der Waals surface area contributed by atoms with Gasteiger partial charge in [0.1, 0.15) is 28.0 Å². The van der Waals surface area contributed by atoms with Crippen LogP contribution in [-0.2, 0) is 6.18 Å². The van der Waals surface area contributed by atoms with Crippen LogP contribution < -0.4 is 5.73 Å². The summed E-state index contributed by atoms with van der Waals surface area (Å²) >= 11 is 11.0. The Morgan fingerprint density at radius 1 is 1.06 bits per heavy atom. The summed E-state index contributed by atoms with van der Waals surface area (Å²) in [5.74, 6) is -2.26. The first-order valence-corrected chi connectivity index (χ1v) is 9.54. The molecule has 0 atom stereocenters. The summed E-state index contributed by atoms with van der Waals surface area (Å²) in [4.78, 5) is -0.415. The van der Waals surface area contributed by atoms with E-state index >= 15 is 0 Å². The van der Waals surface area contributed by atoms with Gasteiger partial charge in [-0.2, -0.15) is 18.3 Å². The molecule has 0 bridgehead atoms. The number of hydrogen-bond acceptors (Lipinski definition) is 4. The number of nitrogens with two attached hydrogens (primary N) is 1. The van der Waals surface area contributed by atoms with Crippen molar-refractivity contribution in [2.24, 2.45) is 5.73 Å². The fourth-order valence-corrected chi connectivity index (χ4v) is 3.63. The maximum Gasteiger partial charge on any atom is 0.434 e. The summed E-state index contributed by atoms with van der Waals surface area (Å²) in [6.45, 7) is 0. The number of rotatable bonds is 4. The minimum absolute atomic E-state index is 0.0829. The minimum Gasteiger partial charge on any atom is -0.389 e. The second-order valence-corrected chi connectivity index (χ2v) is 7.31. The van der Waals surface area contributed by atoms with Crippen molar-refractivity contribution < 1.29 is 26.5 Å². The lowest BCUT2D eigenvalue weighted by molar-refractivity contribution is -0.142. The molecule has 0 aliphatic carbocycles. The zero-order chi connectivity index (χ0) is 23.2. The summed E-state index contributed by atoms with van der Waals surface area (Å²) in [7, 11) is 0. The molecule has 2 heterocycles. The Bertz CT molecular complexity index is 1330. The molecule has 4 rings (SSSR count). The number of halogens is 6. The standard InChI is InChI=1S/C20H10ClF5N4OS/c21-10-4-3-6-12(23)14(10)16-15(19(27)32)17(31-29-16)9-8-28-30(18(9)20(24,25)26)13-7-2-1-5-11(13)22/h1-8H,(H2,27,32). The van der Waals surface area contributed by atoms with E-state index in [0.29, 0.717) is 4.68 Å². The molecule has 0 unspecified atom stereocenters. The quantitative estimate of drug-likeness (QED) is 0.294. The van der Waals surface area contributed by atoms with E-state index in [1.807, 2.05) is 0 Å². The molecule has 0 radical (unpaired) electrons. The van der Waals surface area contributed by atoms with Gasteiger partial charge in [-0.1, -0.05) is 47.2 Å². The van der Waals surface area contributed by atoms with Crippen LogP contribution in [0.2, 0.25) is 5.02 Å². The number of alkyl halides is 3. The highest BCUT2D eigenvalue weighted by molar-refractivity contribution is 7.80. The van der Waals surface area contributed by atoms with Crippen molar-refractivity contribution in [3.05, 3.63) is 76.6 Å². The SMILES string of the molecule is NC(=S)c1c(-c2c(F)cccc2Cl)noc1-c1cnn(-c2ccccc2F)c1C(F)(F)F. The molecular weight excluding hydrogens is 475 g/mol. The molecule has 2 N–H and O–H groups in total. The third-order valence-corrected chi connectivity index (χ3v) is 5.02. The lowest BCUT2D eigenvalue weighted by Crippen LogP contribution is -2.16. The van der Waals surface area contributed by atoms with Crippen LogP contribution in [0.25, 0.3) is 28.3 Å². The van der Waals surface area contributed by atoms with Gasteiger partial charge >= 0.3 is 6.18 Å². The van der Waals surface area contributed by atoms with Crippen molar-refractivity contribution in [2.75, 3.05) is 0 Å². The van der Waals surface area contributed by atoms with Gasteiger partial charge in [-0.15, -0.1) is 0 Å². The van der Waals surface area contributed by atoms with Crippen LogP contribution in [-0.4, -0.2) is 19.9 Å². The predicted molar refractivity (Wildman–Crippen MR) is 110 cm³/mol. The smallest absolute Gasteiger partial charge is 0.389 e. The van der Waals surface area contributed by atoms with Gasteiger partial charge in [0.15, 0.2) is 11.5 Å². The Balaban J connectivity index is 2.01. The van der Waals surface area contributed by atoms with E-state index < -0.39 is 45.5 Å².